The number of ether oxygens (including phenoxy) is 1. The fourth-order valence-corrected chi connectivity index (χ4v) is 3.55. The van der Waals surface area contributed by atoms with Gasteiger partial charge in [0.1, 0.15) is 12.4 Å². The van der Waals surface area contributed by atoms with Crippen LogP contribution in [-0.2, 0) is 17.9 Å². The van der Waals surface area contributed by atoms with Crippen molar-refractivity contribution in [3.63, 3.8) is 0 Å². The van der Waals surface area contributed by atoms with E-state index >= 15 is 0 Å². The molecule has 0 unspecified atom stereocenters. The van der Waals surface area contributed by atoms with Crippen LogP contribution in [0.5, 0.6) is 5.75 Å². The van der Waals surface area contributed by atoms with Gasteiger partial charge in [-0.3, -0.25) is 14.9 Å². The minimum atomic E-state index is -0.467. The van der Waals surface area contributed by atoms with Crippen LogP contribution < -0.4 is 10.1 Å². The third-order valence-corrected chi connectivity index (χ3v) is 5.21. The molecule has 0 atom stereocenters. The summed E-state index contributed by atoms with van der Waals surface area (Å²) in [5.41, 5.74) is 1.15. The zero-order valence-electron chi connectivity index (χ0n) is 16.6. The summed E-state index contributed by atoms with van der Waals surface area (Å²) in [4.78, 5) is 22.7. The first-order valence-corrected chi connectivity index (χ1v) is 10.2. The highest BCUT2D eigenvalue weighted by atomic mass is 32.2. The molecule has 1 aromatic heterocycles. The van der Waals surface area contributed by atoms with Crippen molar-refractivity contribution in [2.75, 3.05) is 11.1 Å². The Labute approximate surface area is 177 Å². The second-order valence-electron chi connectivity index (χ2n) is 6.34. The number of benzene rings is 2. The molecule has 1 amide bonds. The van der Waals surface area contributed by atoms with E-state index in [1.54, 1.807) is 6.92 Å². The fraction of sp³-hybridized carbons (Fsp3) is 0.250. The standard InChI is InChI=1S/C20H21N5O4S/c1-3-24-18(12-29-16-7-5-4-6-8-16)22-23-20(24)30-13-19(26)21-17-10-9-15(25(27)28)11-14(17)2/h4-11H,3,12-13H2,1-2H3,(H,21,26). The maximum absolute atomic E-state index is 12.3. The highest BCUT2D eigenvalue weighted by molar-refractivity contribution is 7.99. The number of nitrogens with one attached hydrogen (secondary N) is 1. The van der Waals surface area contributed by atoms with E-state index in [9.17, 15) is 14.9 Å². The van der Waals surface area contributed by atoms with Crippen LogP contribution >= 0.6 is 11.8 Å². The zero-order valence-corrected chi connectivity index (χ0v) is 17.4. The maximum Gasteiger partial charge on any atom is 0.269 e. The normalized spacial score (nSPS) is 10.6. The van der Waals surface area contributed by atoms with Gasteiger partial charge in [0.25, 0.3) is 5.69 Å². The van der Waals surface area contributed by atoms with Gasteiger partial charge in [-0.05, 0) is 37.6 Å². The van der Waals surface area contributed by atoms with E-state index in [0.717, 1.165) is 5.75 Å². The van der Waals surface area contributed by atoms with Crippen LogP contribution in [0.1, 0.15) is 18.3 Å². The molecule has 30 heavy (non-hydrogen) atoms. The van der Waals surface area contributed by atoms with E-state index in [4.69, 9.17) is 4.74 Å². The third kappa shape index (κ3) is 5.35. The average molecular weight is 427 g/mol. The monoisotopic (exact) mass is 427 g/mol. The summed E-state index contributed by atoms with van der Waals surface area (Å²) < 4.78 is 7.63. The summed E-state index contributed by atoms with van der Waals surface area (Å²) in [6.45, 7) is 4.60. The number of hydrogen-bond acceptors (Lipinski definition) is 7. The highest BCUT2D eigenvalue weighted by Gasteiger charge is 2.15. The number of hydrogen-bond donors (Lipinski definition) is 1. The number of non-ortho nitro benzene ring substituents is 1. The van der Waals surface area contributed by atoms with E-state index in [-0.39, 0.29) is 24.0 Å². The summed E-state index contributed by atoms with van der Waals surface area (Å²) in [5, 5.41) is 22.6. The first-order valence-electron chi connectivity index (χ1n) is 9.25. The lowest BCUT2D eigenvalue weighted by Crippen LogP contribution is -2.15. The summed E-state index contributed by atoms with van der Waals surface area (Å²) in [6.07, 6.45) is 0. The Morgan fingerprint density at radius 3 is 2.67 bits per heavy atom. The number of thioether (sulfide) groups is 1. The zero-order chi connectivity index (χ0) is 21.5. The number of amides is 1. The average Bonchev–Trinajstić information content (AvgIpc) is 3.14. The van der Waals surface area contributed by atoms with Gasteiger partial charge in [0, 0.05) is 24.4 Å². The van der Waals surface area contributed by atoms with Crippen LogP contribution in [0.4, 0.5) is 11.4 Å². The van der Waals surface area contributed by atoms with Gasteiger partial charge in [-0.15, -0.1) is 10.2 Å². The fourth-order valence-electron chi connectivity index (χ4n) is 2.73. The molecule has 0 aliphatic heterocycles. The van der Waals surface area contributed by atoms with Gasteiger partial charge in [0.15, 0.2) is 11.0 Å². The molecule has 0 spiro atoms. The number of nitro groups is 1. The largest absolute Gasteiger partial charge is 0.486 e. The molecule has 1 N–H and O–H groups in total. The van der Waals surface area contributed by atoms with Crippen LogP contribution in [0.2, 0.25) is 0 Å². The molecular formula is C20H21N5O4S. The molecule has 10 heteroatoms. The lowest BCUT2D eigenvalue weighted by Gasteiger charge is -2.10. The molecule has 0 saturated heterocycles. The summed E-state index contributed by atoms with van der Waals surface area (Å²) >= 11 is 1.27. The summed E-state index contributed by atoms with van der Waals surface area (Å²) in [7, 11) is 0. The number of rotatable bonds is 9. The quantitative estimate of drug-likeness (QED) is 0.314. The molecule has 0 bridgehead atoms. The van der Waals surface area contributed by atoms with E-state index in [0.29, 0.717) is 28.8 Å². The number of aryl methyl sites for hydroxylation is 1. The van der Waals surface area contributed by atoms with Crippen molar-refractivity contribution in [3.8, 4) is 5.75 Å². The predicted molar refractivity (Wildman–Crippen MR) is 114 cm³/mol. The van der Waals surface area contributed by atoms with Gasteiger partial charge in [-0.1, -0.05) is 30.0 Å². The van der Waals surface area contributed by atoms with Crippen LogP contribution in [0.25, 0.3) is 0 Å². The topological polar surface area (TPSA) is 112 Å². The Kier molecular flexibility index (Phi) is 7.02. The summed E-state index contributed by atoms with van der Waals surface area (Å²) in [6, 6.07) is 13.8. The number of nitro benzene ring substituents is 1. The number of aromatic nitrogens is 3. The van der Waals surface area contributed by atoms with Gasteiger partial charge < -0.3 is 14.6 Å². The highest BCUT2D eigenvalue weighted by Crippen LogP contribution is 2.23. The van der Waals surface area contributed by atoms with E-state index < -0.39 is 4.92 Å². The third-order valence-electron chi connectivity index (χ3n) is 4.25. The molecule has 0 aliphatic carbocycles. The van der Waals surface area contributed by atoms with E-state index in [2.05, 4.69) is 15.5 Å². The van der Waals surface area contributed by atoms with Crippen LogP contribution in [0.15, 0.2) is 53.7 Å². The Morgan fingerprint density at radius 1 is 1.23 bits per heavy atom. The second-order valence-corrected chi connectivity index (χ2v) is 7.28. The van der Waals surface area contributed by atoms with Crippen molar-refractivity contribution in [2.24, 2.45) is 0 Å². The number of carbonyl (C=O) groups is 1. The first-order chi connectivity index (χ1) is 14.5. The Morgan fingerprint density at radius 2 is 2.00 bits per heavy atom. The van der Waals surface area contributed by atoms with Gasteiger partial charge in [-0.25, -0.2) is 0 Å². The van der Waals surface area contributed by atoms with E-state index in [1.165, 1.54) is 30.0 Å². The van der Waals surface area contributed by atoms with Crippen LogP contribution in [0.3, 0.4) is 0 Å². The molecular weight excluding hydrogens is 406 g/mol. The van der Waals surface area contributed by atoms with Crippen molar-refractivity contribution < 1.29 is 14.5 Å². The number of nitrogens with zero attached hydrogens (tertiary/aromatic N) is 4. The first kappa shape index (κ1) is 21.3. The lowest BCUT2D eigenvalue weighted by atomic mass is 10.2. The molecule has 0 radical (unpaired) electrons. The molecule has 3 rings (SSSR count). The maximum atomic E-state index is 12.3. The van der Waals surface area contributed by atoms with Crippen molar-refractivity contribution in [2.45, 2.75) is 32.2 Å². The van der Waals surface area contributed by atoms with Crippen molar-refractivity contribution >= 4 is 29.0 Å². The van der Waals surface area contributed by atoms with Gasteiger partial charge >= 0.3 is 0 Å². The van der Waals surface area contributed by atoms with E-state index in [1.807, 2.05) is 41.8 Å². The molecule has 2 aromatic carbocycles. The van der Waals surface area contributed by atoms with Crippen molar-refractivity contribution in [1.82, 2.24) is 14.8 Å². The lowest BCUT2D eigenvalue weighted by molar-refractivity contribution is -0.384. The molecule has 0 fully saturated rings. The minimum Gasteiger partial charge on any atom is -0.486 e. The van der Waals surface area contributed by atoms with Crippen LogP contribution in [0, 0.1) is 17.0 Å². The van der Waals surface area contributed by atoms with Crippen molar-refractivity contribution in [1.29, 1.82) is 0 Å². The van der Waals surface area contributed by atoms with Gasteiger partial charge in [-0.2, -0.15) is 0 Å². The van der Waals surface area contributed by atoms with Crippen molar-refractivity contribution in [3.05, 3.63) is 70.0 Å². The van der Waals surface area contributed by atoms with Gasteiger partial charge in [0.2, 0.25) is 5.91 Å². The smallest absolute Gasteiger partial charge is 0.269 e. The Hall–Kier alpha value is -3.40. The number of carbonyl (C=O) groups excluding carboxylic acids is 1. The SMILES string of the molecule is CCn1c(COc2ccccc2)nnc1SCC(=O)Nc1ccc([N+](=O)[O-])cc1C. The predicted octanol–water partition coefficient (Wildman–Crippen LogP) is 3.82. The Bertz CT molecular complexity index is 1040. The molecule has 0 aliphatic rings. The van der Waals surface area contributed by atoms with Crippen LogP contribution in [-0.4, -0.2) is 31.3 Å². The Balaban J connectivity index is 1.58. The molecule has 9 nitrogen and oxygen atoms in total. The number of para-hydroxylation sites is 1. The van der Waals surface area contributed by atoms with Gasteiger partial charge in [0.05, 0.1) is 10.7 Å². The molecule has 156 valence electrons. The number of anilines is 1. The minimum absolute atomic E-state index is 0.0128. The summed E-state index contributed by atoms with van der Waals surface area (Å²) in [5.74, 6) is 1.32. The molecule has 1 heterocycles. The second kappa shape index (κ2) is 9.88. The molecule has 3 aromatic rings. The molecule has 0 saturated carbocycles.